The average molecular weight is 285 g/mol. The van der Waals surface area contributed by atoms with Crippen LogP contribution in [0.3, 0.4) is 0 Å². The second-order valence-corrected chi connectivity index (χ2v) is 4.64. The Morgan fingerprint density at radius 1 is 1.10 bits per heavy atom. The minimum atomic E-state index is -0.428. The van der Waals surface area contributed by atoms with Crippen LogP contribution in [0.4, 0.5) is 4.39 Å². The standard InChI is InChI=1S/C17H16FNO2/c1-20-7-6-13-2-4-17(5-3-13)21-12-15-8-14(11-19)9-16(18)10-15/h2-5,8-10H,6-7,12H2,1H3. The third-order valence-corrected chi connectivity index (χ3v) is 3.01. The lowest BCUT2D eigenvalue weighted by atomic mass is 10.1. The molecular weight excluding hydrogens is 269 g/mol. The van der Waals surface area contributed by atoms with E-state index in [-0.39, 0.29) is 6.61 Å². The summed E-state index contributed by atoms with van der Waals surface area (Å²) in [5, 5.41) is 8.81. The zero-order valence-electron chi connectivity index (χ0n) is 11.8. The highest BCUT2D eigenvalue weighted by Gasteiger charge is 2.02. The molecular formula is C17H16FNO2. The molecule has 0 aliphatic carbocycles. The van der Waals surface area contributed by atoms with Crippen LogP contribution in [0.25, 0.3) is 0 Å². The molecule has 0 fully saturated rings. The van der Waals surface area contributed by atoms with E-state index in [0.29, 0.717) is 23.5 Å². The summed E-state index contributed by atoms with van der Waals surface area (Å²) in [6.07, 6.45) is 0.853. The molecule has 0 saturated heterocycles. The second kappa shape index (κ2) is 7.41. The van der Waals surface area contributed by atoms with Crippen molar-refractivity contribution in [1.82, 2.24) is 0 Å². The lowest BCUT2D eigenvalue weighted by Crippen LogP contribution is -1.98. The van der Waals surface area contributed by atoms with Crippen LogP contribution < -0.4 is 4.74 Å². The fraction of sp³-hybridized carbons (Fsp3) is 0.235. The summed E-state index contributed by atoms with van der Waals surface area (Å²) < 4.78 is 23.9. The second-order valence-electron chi connectivity index (χ2n) is 4.64. The monoisotopic (exact) mass is 285 g/mol. The van der Waals surface area contributed by atoms with Crippen LogP contribution in [0.2, 0.25) is 0 Å². The Labute approximate surface area is 123 Å². The smallest absolute Gasteiger partial charge is 0.124 e. The van der Waals surface area contributed by atoms with Crippen LogP contribution in [-0.4, -0.2) is 13.7 Å². The molecule has 0 atom stereocenters. The Balaban J connectivity index is 1.97. The molecule has 0 N–H and O–H groups in total. The minimum Gasteiger partial charge on any atom is -0.489 e. The number of halogens is 1. The number of hydrogen-bond donors (Lipinski definition) is 0. The van der Waals surface area contributed by atoms with Crippen LogP contribution in [0.15, 0.2) is 42.5 Å². The maximum absolute atomic E-state index is 13.3. The van der Waals surface area contributed by atoms with Crippen LogP contribution in [0.1, 0.15) is 16.7 Å². The van der Waals surface area contributed by atoms with Gasteiger partial charge in [0.2, 0.25) is 0 Å². The number of hydrogen-bond acceptors (Lipinski definition) is 3. The van der Waals surface area contributed by atoms with E-state index < -0.39 is 5.82 Å². The Morgan fingerprint density at radius 2 is 1.86 bits per heavy atom. The van der Waals surface area contributed by atoms with Gasteiger partial charge in [-0.3, -0.25) is 0 Å². The van der Waals surface area contributed by atoms with Gasteiger partial charge in [0, 0.05) is 7.11 Å². The van der Waals surface area contributed by atoms with Gasteiger partial charge in [0.15, 0.2) is 0 Å². The first-order valence-electron chi connectivity index (χ1n) is 6.61. The molecule has 2 rings (SSSR count). The van der Waals surface area contributed by atoms with Crippen molar-refractivity contribution in [3.63, 3.8) is 0 Å². The van der Waals surface area contributed by atoms with Crippen LogP contribution in [0, 0.1) is 17.1 Å². The summed E-state index contributed by atoms with van der Waals surface area (Å²) in [6, 6.07) is 13.8. The van der Waals surface area contributed by atoms with Crippen LogP contribution in [0.5, 0.6) is 5.75 Å². The van der Waals surface area contributed by atoms with Crippen molar-refractivity contribution in [2.75, 3.05) is 13.7 Å². The van der Waals surface area contributed by atoms with E-state index in [1.807, 2.05) is 30.3 Å². The van der Waals surface area contributed by atoms with Crippen LogP contribution in [-0.2, 0) is 17.8 Å². The average Bonchev–Trinajstić information content (AvgIpc) is 2.51. The van der Waals surface area contributed by atoms with Crippen molar-refractivity contribution in [2.24, 2.45) is 0 Å². The first-order valence-corrected chi connectivity index (χ1v) is 6.61. The van der Waals surface area contributed by atoms with Crippen molar-refractivity contribution < 1.29 is 13.9 Å². The molecule has 2 aromatic rings. The third-order valence-electron chi connectivity index (χ3n) is 3.01. The summed E-state index contributed by atoms with van der Waals surface area (Å²) >= 11 is 0. The van der Waals surface area contributed by atoms with Crippen molar-refractivity contribution in [3.05, 3.63) is 65.0 Å². The van der Waals surface area contributed by atoms with Gasteiger partial charge in [0.25, 0.3) is 0 Å². The normalized spacial score (nSPS) is 10.1. The molecule has 0 saturated carbocycles. The fourth-order valence-electron chi connectivity index (χ4n) is 1.94. The SMILES string of the molecule is COCCc1ccc(OCc2cc(F)cc(C#N)c2)cc1. The molecule has 0 aromatic heterocycles. The molecule has 3 nitrogen and oxygen atoms in total. The number of benzene rings is 2. The summed E-state index contributed by atoms with van der Waals surface area (Å²) in [5.74, 6) is 0.279. The fourth-order valence-corrected chi connectivity index (χ4v) is 1.94. The molecule has 0 amide bonds. The van der Waals surface area contributed by atoms with Gasteiger partial charge in [0.1, 0.15) is 18.2 Å². The van der Waals surface area contributed by atoms with Gasteiger partial charge in [-0.05, 0) is 47.9 Å². The Bertz CT molecular complexity index is 632. The van der Waals surface area contributed by atoms with E-state index >= 15 is 0 Å². The quantitative estimate of drug-likeness (QED) is 0.816. The maximum Gasteiger partial charge on any atom is 0.124 e. The topological polar surface area (TPSA) is 42.2 Å². The molecule has 0 aliphatic heterocycles. The van der Waals surface area contributed by atoms with E-state index in [0.717, 1.165) is 6.42 Å². The van der Waals surface area contributed by atoms with Gasteiger partial charge in [-0.1, -0.05) is 12.1 Å². The molecule has 0 spiro atoms. The predicted octanol–water partition coefficient (Wildman–Crippen LogP) is 3.47. The van der Waals surface area contributed by atoms with Gasteiger partial charge < -0.3 is 9.47 Å². The van der Waals surface area contributed by atoms with Crippen molar-refractivity contribution in [3.8, 4) is 11.8 Å². The highest BCUT2D eigenvalue weighted by atomic mass is 19.1. The molecule has 0 bridgehead atoms. The van der Waals surface area contributed by atoms with Gasteiger partial charge in [0.05, 0.1) is 18.2 Å². The van der Waals surface area contributed by atoms with Gasteiger partial charge in [-0.15, -0.1) is 0 Å². The van der Waals surface area contributed by atoms with Gasteiger partial charge >= 0.3 is 0 Å². The van der Waals surface area contributed by atoms with Crippen molar-refractivity contribution in [2.45, 2.75) is 13.0 Å². The van der Waals surface area contributed by atoms with Crippen molar-refractivity contribution in [1.29, 1.82) is 5.26 Å². The Hall–Kier alpha value is -2.38. The maximum atomic E-state index is 13.3. The zero-order chi connectivity index (χ0) is 15.1. The first-order chi connectivity index (χ1) is 10.2. The molecule has 21 heavy (non-hydrogen) atoms. The predicted molar refractivity (Wildman–Crippen MR) is 77.5 cm³/mol. The number of nitriles is 1. The molecule has 0 heterocycles. The number of ether oxygens (including phenoxy) is 2. The van der Waals surface area contributed by atoms with Gasteiger partial charge in [-0.25, -0.2) is 4.39 Å². The van der Waals surface area contributed by atoms with E-state index in [4.69, 9.17) is 14.7 Å². The van der Waals surface area contributed by atoms with E-state index in [2.05, 4.69) is 0 Å². The van der Waals surface area contributed by atoms with E-state index in [1.54, 1.807) is 13.2 Å². The summed E-state index contributed by atoms with van der Waals surface area (Å²) in [6.45, 7) is 0.907. The number of nitrogens with zero attached hydrogens (tertiary/aromatic N) is 1. The van der Waals surface area contributed by atoms with Crippen LogP contribution >= 0.6 is 0 Å². The highest BCUT2D eigenvalue weighted by Crippen LogP contribution is 2.16. The molecule has 4 heteroatoms. The summed E-state index contributed by atoms with van der Waals surface area (Å²) in [5.41, 5.74) is 2.10. The number of rotatable bonds is 6. The van der Waals surface area contributed by atoms with E-state index in [1.165, 1.54) is 17.7 Å². The summed E-state index contributed by atoms with van der Waals surface area (Å²) in [7, 11) is 1.67. The lowest BCUT2D eigenvalue weighted by molar-refractivity contribution is 0.202. The molecule has 108 valence electrons. The third kappa shape index (κ3) is 4.59. The van der Waals surface area contributed by atoms with E-state index in [9.17, 15) is 4.39 Å². The lowest BCUT2D eigenvalue weighted by Gasteiger charge is -2.08. The minimum absolute atomic E-state index is 0.226. The van der Waals surface area contributed by atoms with Crippen molar-refractivity contribution >= 4 is 0 Å². The first kappa shape index (κ1) is 15.0. The number of methoxy groups -OCH3 is 1. The Kier molecular flexibility index (Phi) is 5.30. The Morgan fingerprint density at radius 3 is 2.52 bits per heavy atom. The molecule has 0 unspecified atom stereocenters. The summed E-state index contributed by atoms with van der Waals surface area (Å²) in [4.78, 5) is 0. The molecule has 0 radical (unpaired) electrons. The zero-order valence-corrected chi connectivity index (χ0v) is 11.8. The molecule has 0 aliphatic rings. The largest absolute Gasteiger partial charge is 0.489 e. The highest BCUT2D eigenvalue weighted by molar-refractivity contribution is 5.34. The molecule has 2 aromatic carbocycles. The van der Waals surface area contributed by atoms with Gasteiger partial charge in [-0.2, -0.15) is 5.26 Å².